The minimum Gasteiger partial charge on any atom is -0.314 e. The Morgan fingerprint density at radius 1 is 1.33 bits per heavy atom. The molecule has 0 fully saturated rings. The molecule has 0 amide bonds. The lowest BCUT2D eigenvalue weighted by molar-refractivity contribution is 0.515. The Labute approximate surface area is 137 Å². The van der Waals surface area contributed by atoms with Gasteiger partial charge in [0.05, 0.1) is 11.1 Å². The lowest BCUT2D eigenvalue weighted by Gasteiger charge is -2.16. The van der Waals surface area contributed by atoms with Crippen LogP contribution in [-0.4, -0.2) is 23.2 Å². The van der Waals surface area contributed by atoms with Gasteiger partial charge in [0.25, 0.3) is 10.0 Å². The van der Waals surface area contributed by atoms with Crippen molar-refractivity contribution in [1.29, 1.82) is 0 Å². The lowest BCUT2D eigenvalue weighted by Crippen LogP contribution is -2.28. The van der Waals surface area contributed by atoms with Crippen molar-refractivity contribution < 1.29 is 8.42 Å². The van der Waals surface area contributed by atoms with Crippen molar-refractivity contribution in [3.05, 3.63) is 27.6 Å². The second kappa shape index (κ2) is 6.21. The molecule has 0 radical (unpaired) electrons. The van der Waals surface area contributed by atoms with Crippen molar-refractivity contribution in [3.8, 4) is 0 Å². The van der Waals surface area contributed by atoms with Crippen molar-refractivity contribution in [1.82, 2.24) is 19.5 Å². The first kappa shape index (κ1) is 16.7. The van der Waals surface area contributed by atoms with Crippen LogP contribution in [0.4, 0.5) is 0 Å². The lowest BCUT2D eigenvalue weighted by atomic mass is 10.3. The fourth-order valence-electron chi connectivity index (χ4n) is 1.76. The highest BCUT2D eigenvalue weighted by molar-refractivity contribution is 7.91. The maximum Gasteiger partial charge on any atom is 0.250 e. The minimum absolute atomic E-state index is 0.0694. The highest BCUT2D eigenvalue weighted by atomic mass is 35.5. The largest absolute Gasteiger partial charge is 0.314 e. The molecule has 2 rings (SSSR count). The molecule has 0 aliphatic carbocycles. The molecule has 116 valence electrons. The summed E-state index contributed by atoms with van der Waals surface area (Å²) in [5.74, 6) is 0.544. The van der Waals surface area contributed by atoms with Gasteiger partial charge in [-0.2, -0.15) is 4.72 Å². The first-order chi connectivity index (χ1) is 9.72. The summed E-state index contributed by atoms with van der Waals surface area (Å²) in [6, 6.07) is 0.934. The first-order valence-electron chi connectivity index (χ1n) is 6.09. The fourth-order valence-corrected chi connectivity index (χ4v) is 4.86. The summed E-state index contributed by atoms with van der Waals surface area (Å²) in [5, 5.41) is 8.02. The molecule has 0 spiro atoms. The third-order valence-corrected chi connectivity index (χ3v) is 6.64. The Morgan fingerprint density at radius 2 is 2.00 bits per heavy atom. The van der Waals surface area contributed by atoms with Crippen LogP contribution in [-0.2, 0) is 10.0 Å². The second-order valence-corrected chi connectivity index (χ2v) is 8.72. The van der Waals surface area contributed by atoms with Gasteiger partial charge in [-0.05, 0) is 26.8 Å². The standard InChI is InChI=1S/C11H14Cl2N4O2S2/c1-6(2)17-5-14-15-11(17)7(3)16-21(18,19)9-4-8(12)10(13)20-9/h4-7,16H,1-3H3/t7-/m0/s1. The first-order valence-corrected chi connectivity index (χ1v) is 9.14. The highest BCUT2D eigenvalue weighted by Crippen LogP contribution is 2.34. The fraction of sp³-hybridized carbons (Fsp3) is 0.455. The van der Waals surface area contributed by atoms with Crippen molar-refractivity contribution in [2.24, 2.45) is 0 Å². The zero-order valence-corrected chi connectivity index (χ0v) is 14.7. The molecule has 6 nitrogen and oxygen atoms in total. The number of aromatic nitrogens is 3. The van der Waals surface area contributed by atoms with Crippen LogP contribution >= 0.6 is 34.5 Å². The topological polar surface area (TPSA) is 76.9 Å². The molecule has 1 atom stereocenters. The van der Waals surface area contributed by atoms with Crippen molar-refractivity contribution in [3.63, 3.8) is 0 Å². The van der Waals surface area contributed by atoms with E-state index in [1.807, 2.05) is 18.4 Å². The number of nitrogens with one attached hydrogen (secondary N) is 1. The molecule has 0 aliphatic rings. The monoisotopic (exact) mass is 368 g/mol. The van der Waals surface area contributed by atoms with Gasteiger partial charge in [-0.15, -0.1) is 21.5 Å². The van der Waals surface area contributed by atoms with E-state index < -0.39 is 16.1 Å². The number of halogens is 2. The molecular formula is C11H14Cl2N4O2S2. The Kier molecular flexibility index (Phi) is 4.94. The van der Waals surface area contributed by atoms with Crippen molar-refractivity contribution in [2.75, 3.05) is 0 Å². The van der Waals surface area contributed by atoms with Crippen LogP contribution in [0.5, 0.6) is 0 Å². The van der Waals surface area contributed by atoms with Gasteiger partial charge in [0.1, 0.15) is 14.9 Å². The average molecular weight is 369 g/mol. The van der Waals surface area contributed by atoms with Crippen LogP contribution in [0.15, 0.2) is 16.6 Å². The van der Waals surface area contributed by atoms with E-state index in [4.69, 9.17) is 23.2 Å². The molecule has 0 aliphatic heterocycles. The SMILES string of the molecule is CC(C)n1cnnc1[C@H](C)NS(=O)(=O)c1cc(Cl)c(Cl)s1. The Balaban J connectivity index is 2.26. The number of hydrogen-bond donors (Lipinski definition) is 1. The van der Waals surface area contributed by atoms with Crippen LogP contribution in [0.1, 0.15) is 38.7 Å². The predicted molar refractivity (Wildman–Crippen MR) is 83.5 cm³/mol. The van der Waals surface area contributed by atoms with Crippen molar-refractivity contribution >= 4 is 44.6 Å². The number of rotatable bonds is 5. The van der Waals surface area contributed by atoms with Crippen LogP contribution in [0.2, 0.25) is 9.36 Å². The van der Waals surface area contributed by atoms with Gasteiger partial charge in [0.15, 0.2) is 5.82 Å². The van der Waals surface area contributed by atoms with E-state index in [0.29, 0.717) is 5.82 Å². The molecule has 2 aromatic rings. The van der Waals surface area contributed by atoms with E-state index >= 15 is 0 Å². The van der Waals surface area contributed by atoms with Gasteiger partial charge in [-0.25, -0.2) is 8.42 Å². The summed E-state index contributed by atoms with van der Waals surface area (Å²) in [7, 11) is -3.71. The zero-order valence-electron chi connectivity index (χ0n) is 11.5. The van der Waals surface area contributed by atoms with Gasteiger partial charge < -0.3 is 4.57 Å². The van der Waals surface area contributed by atoms with E-state index in [0.717, 1.165) is 11.3 Å². The molecule has 2 aromatic heterocycles. The maximum absolute atomic E-state index is 12.3. The quantitative estimate of drug-likeness (QED) is 0.878. The predicted octanol–water partition coefficient (Wildman–Crippen LogP) is 3.27. The number of sulfonamides is 1. The second-order valence-electron chi connectivity index (χ2n) is 4.72. The van der Waals surface area contributed by atoms with Crippen molar-refractivity contribution in [2.45, 2.75) is 37.1 Å². The van der Waals surface area contributed by atoms with Gasteiger partial charge in [0.2, 0.25) is 0 Å². The smallest absolute Gasteiger partial charge is 0.250 e. The number of hydrogen-bond acceptors (Lipinski definition) is 5. The summed E-state index contributed by atoms with van der Waals surface area (Å²) in [4.78, 5) is 0. The van der Waals surface area contributed by atoms with E-state index in [9.17, 15) is 8.42 Å². The molecule has 0 bridgehead atoms. The summed E-state index contributed by atoms with van der Waals surface area (Å²) in [6.45, 7) is 5.64. The molecular weight excluding hydrogens is 355 g/mol. The summed E-state index contributed by atoms with van der Waals surface area (Å²) in [6.07, 6.45) is 1.57. The molecule has 1 N–H and O–H groups in total. The normalized spacial score (nSPS) is 13.8. The molecule has 0 aromatic carbocycles. The van der Waals surface area contributed by atoms with Crippen LogP contribution < -0.4 is 4.72 Å². The summed E-state index contributed by atoms with van der Waals surface area (Å²) >= 11 is 12.5. The minimum atomic E-state index is -3.71. The van der Waals surface area contributed by atoms with Crippen LogP contribution in [0.3, 0.4) is 0 Å². The number of thiophene rings is 1. The Bertz CT molecular complexity index is 720. The van der Waals surface area contributed by atoms with Gasteiger partial charge in [0, 0.05) is 6.04 Å². The third-order valence-electron chi connectivity index (χ3n) is 2.76. The Hall–Kier alpha value is -0.670. The summed E-state index contributed by atoms with van der Waals surface area (Å²) < 4.78 is 29.3. The van der Waals surface area contributed by atoms with Gasteiger partial charge in [-0.3, -0.25) is 0 Å². The molecule has 0 saturated heterocycles. The van der Waals surface area contributed by atoms with Gasteiger partial charge in [-0.1, -0.05) is 23.2 Å². The Morgan fingerprint density at radius 3 is 2.52 bits per heavy atom. The van der Waals surface area contributed by atoms with E-state index in [1.54, 1.807) is 13.3 Å². The number of nitrogens with zero attached hydrogens (tertiary/aromatic N) is 3. The van der Waals surface area contributed by atoms with Crippen LogP contribution in [0, 0.1) is 0 Å². The third kappa shape index (κ3) is 3.57. The van der Waals surface area contributed by atoms with E-state index in [-0.39, 0.29) is 19.6 Å². The molecule has 0 saturated carbocycles. The van der Waals surface area contributed by atoms with Crippen LogP contribution in [0.25, 0.3) is 0 Å². The van der Waals surface area contributed by atoms with Gasteiger partial charge >= 0.3 is 0 Å². The average Bonchev–Trinajstić information content (AvgIpc) is 2.97. The van der Waals surface area contributed by atoms with E-state index in [2.05, 4.69) is 14.9 Å². The molecule has 21 heavy (non-hydrogen) atoms. The molecule has 0 unspecified atom stereocenters. The maximum atomic E-state index is 12.3. The molecule has 2 heterocycles. The van der Waals surface area contributed by atoms with E-state index in [1.165, 1.54) is 6.07 Å². The summed E-state index contributed by atoms with van der Waals surface area (Å²) in [5.41, 5.74) is 0. The zero-order chi connectivity index (χ0) is 15.8. The highest BCUT2D eigenvalue weighted by Gasteiger charge is 2.24. The molecule has 10 heteroatoms.